The van der Waals surface area contributed by atoms with Gasteiger partial charge in [-0.25, -0.2) is 14.4 Å². The number of ether oxygens (including phenoxy) is 5. The third-order valence-electron chi connectivity index (χ3n) is 6.08. The molecule has 2 aliphatic rings. The number of esters is 5. The predicted octanol–water partition coefficient (Wildman–Crippen LogP) is 1.47. The van der Waals surface area contributed by atoms with Crippen molar-refractivity contribution in [2.75, 3.05) is 7.11 Å². The van der Waals surface area contributed by atoms with Crippen LogP contribution in [0.25, 0.3) is 0 Å². The van der Waals surface area contributed by atoms with Crippen molar-refractivity contribution in [3.8, 4) is 0 Å². The third-order valence-corrected chi connectivity index (χ3v) is 6.08. The highest BCUT2D eigenvalue weighted by atomic mass is 16.6. The molecule has 1 aliphatic carbocycles. The monoisotopic (exact) mass is 508 g/mol. The van der Waals surface area contributed by atoms with Gasteiger partial charge in [0.1, 0.15) is 12.2 Å². The van der Waals surface area contributed by atoms with Crippen molar-refractivity contribution in [1.29, 1.82) is 0 Å². The fourth-order valence-corrected chi connectivity index (χ4v) is 3.96. The van der Waals surface area contributed by atoms with Gasteiger partial charge in [0.05, 0.1) is 18.6 Å². The van der Waals surface area contributed by atoms with Crippen LogP contribution >= 0.6 is 0 Å². The molecule has 11 heteroatoms. The summed E-state index contributed by atoms with van der Waals surface area (Å²) in [6, 6.07) is 0. The molecular formula is C25H32O11. The van der Waals surface area contributed by atoms with E-state index in [9.17, 15) is 29.1 Å². The normalized spacial score (nSPS) is 29.5. The molecule has 1 saturated heterocycles. The Balaban J connectivity index is 2.68. The van der Waals surface area contributed by atoms with Crippen molar-refractivity contribution < 1.29 is 52.8 Å². The molecule has 2 rings (SSSR count). The van der Waals surface area contributed by atoms with Gasteiger partial charge in [0.2, 0.25) is 0 Å². The highest BCUT2D eigenvalue weighted by Crippen LogP contribution is 2.38. The van der Waals surface area contributed by atoms with Crippen molar-refractivity contribution in [3.63, 3.8) is 0 Å². The minimum absolute atomic E-state index is 0.0866. The molecule has 0 aromatic carbocycles. The van der Waals surface area contributed by atoms with Crippen LogP contribution in [0.1, 0.15) is 47.5 Å². The fraction of sp³-hybridized carbons (Fsp3) is 0.560. The lowest BCUT2D eigenvalue weighted by atomic mass is 9.83. The number of rotatable bonds is 6. The predicted molar refractivity (Wildman–Crippen MR) is 123 cm³/mol. The summed E-state index contributed by atoms with van der Waals surface area (Å²) in [5, 5.41) is 10.8. The molecule has 1 fully saturated rings. The zero-order chi connectivity index (χ0) is 27.4. The highest BCUT2D eigenvalue weighted by Gasteiger charge is 2.52. The average Bonchev–Trinajstić information content (AvgIpc) is 3.04. The maximum atomic E-state index is 13.2. The summed E-state index contributed by atoms with van der Waals surface area (Å²) in [5.74, 6) is -5.52. The molecule has 0 amide bonds. The summed E-state index contributed by atoms with van der Waals surface area (Å²) in [6.45, 7) is 10.1. The molecule has 198 valence electrons. The molecule has 1 aliphatic heterocycles. The van der Waals surface area contributed by atoms with Crippen LogP contribution in [0.4, 0.5) is 0 Å². The van der Waals surface area contributed by atoms with Crippen LogP contribution in [0.3, 0.4) is 0 Å². The molecular weight excluding hydrogens is 476 g/mol. The lowest BCUT2D eigenvalue weighted by Gasteiger charge is -2.36. The van der Waals surface area contributed by atoms with Crippen LogP contribution in [0.15, 0.2) is 35.5 Å². The zero-order valence-electron chi connectivity index (χ0n) is 21.2. The van der Waals surface area contributed by atoms with Crippen LogP contribution in [0, 0.1) is 5.92 Å². The van der Waals surface area contributed by atoms with E-state index in [0.29, 0.717) is 12.8 Å². The minimum Gasteiger partial charge on any atom is -0.466 e. The summed E-state index contributed by atoms with van der Waals surface area (Å²) >= 11 is 0. The van der Waals surface area contributed by atoms with Crippen LogP contribution in [-0.4, -0.2) is 72.1 Å². The van der Waals surface area contributed by atoms with Gasteiger partial charge < -0.3 is 28.8 Å². The van der Waals surface area contributed by atoms with Gasteiger partial charge in [-0.15, -0.1) is 0 Å². The Morgan fingerprint density at radius 1 is 1.19 bits per heavy atom. The first-order chi connectivity index (χ1) is 16.7. The standard InChI is InChI=1S/C25H32O11/c1-12-9-8-10-17(23(29)32-7)20(34-16(5)27)21(19-13(2)22(28)35-18(19)11-12)36-24(30)25(6,31)14(3)33-15(4)26/h10-11,14,18-21,31H,2,8-9H2,1,3-7H3/b12-11-,17-10+/t14-,18-,19-,20+,21-,25-/m1/s1. The molecule has 0 aromatic heterocycles. The molecule has 11 nitrogen and oxygen atoms in total. The second-order valence-electron chi connectivity index (χ2n) is 8.92. The van der Waals surface area contributed by atoms with E-state index < -0.39 is 65.8 Å². The summed E-state index contributed by atoms with van der Waals surface area (Å²) in [4.78, 5) is 61.9. The van der Waals surface area contributed by atoms with E-state index in [1.807, 2.05) is 0 Å². The van der Waals surface area contributed by atoms with Crippen LogP contribution in [0.5, 0.6) is 0 Å². The van der Waals surface area contributed by atoms with Gasteiger partial charge in [-0.2, -0.15) is 0 Å². The molecule has 6 atom stereocenters. The second kappa shape index (κ2) is 11.5. The van der Waals surface area contributed by atoms with E-state index in [-0.39, 0.29) is 11.1 Å². The number of hydrogen-bond donors (Lipinski definition) is 1. The van der Waals surface area contributed by atoms with E-state index in [2.05, 4.69) is 6.58 Å². The lowest BCUT2D eigenvalue weighted by molar-refractivity contribution is -0.196. The number of allylic oxidation sites excluding steroid dienone is 2. The lowest BCUT2D eigenvalue weighted by Crippen LogP contribution is -2.53. The highest BCUT2D eigenvalue weighted by molar-refractivity contribution is 5.93. The Labute approximate surface area is 209 Å². The largest absolute Gasteiger partial charge is 0.466 e. The number of aliphatic hydroxyl groups is 1. The van der Waals surface area contributed by atoms with Gasteiger partial charge in [-0.05, 0) is 39.7 Å². The van der Waals surface area contributed by atoms with Crippen molar-refractivity contribution in [3.05, 3.63) is 35.5 Å². The Morgan fingerprint density at radius 3 is 2.39 bits per heavy atom. The number of hydrogen-bond acceptors (Lipinski definition) is 11. The molecule has 0 saturated carbocycles. The van der Waals surface area contributed by atoms with Gasteiger partial charge in [-0.1, -0.05) is 18.2 Å². The SMILES string of the molecule is C=C1C(=O)O[C@@H]2/C=C(/C)CC/C=C(/C(=O)OC)[C@H](OC(C)=O)[C@H](OC(=O)[C@](C)(O)[C@@H](C)OC(C)=O)[C@H]12. The fourth-order valence-electron chi connectivity index (χ4n) is 3.96. The van der Waals surface area contributed by atoms with E-state index in [0.717, 1.165) is 33.5 Å². The second-order valence-corrected chi connectivity index (χ2v) is 8.92. The molecule has 36 heavy (non-hydrogen) atoms. The summed E-state index contributed by atoms with van der Waals surface area (Å²) in [7, 11) is 1.13. The Hall–Kier alpha value is -3.47. The Morgan fingerprint density at radius 2 is 1.83 bits per heavy atom. The molecule has 0 aromatic rings. The van der Waals surface area contributed by atoms with Crippen molar-refractivity contribution in [1.82, 2.24) is 0 Å². The number of carbonyl (C=O) groups excluding carboxylic acids is 5. The van der Waals surface area contributed by atoms with Crippen molar-refractivity contribution >= 4 is 29.8 Å². The molecule has 0 bridgehead atoms. The first-order valence-electron chi connectivity index (χ1n) is 11.3. The van der Waals surface area contributed by atoms with Crippen LogP contribution in [-0.2, 0) is 47.7 Å². The van der Waals surface area contributed by atoms with Crippen molar-refractivity contribution in [2.45, 2.75) is 77.5 Å². The zero-order valence-corrected chi connectivity index (χ0v) is 21.2. The number of fused-ring (bicyclic) bond motifs is 1. The van der Waals surface area contributed by atoms with Gasteiger partial charge >= 0.3 is 29.8 Å². The molecule has 0 spiro atoms. The quantitative estimate of drug-likeness (QED) is 0.240. The maximum Gasteiger partial charge on any atom is 0.342 e. The van der Waals surface area contributed by atoms with Gasteiger partial charge in [0.15, 0.2) is 17.8 Å². The third kappa shape index (κ3) is 6.39. The number of methoxy groups -OCH3 is 1. The van der Waals surface area contributed by atoms with Crippen molar-refractivity contribution in [2.24, 2.45) is 5.92 Å². The first-order valence-corrected chi connectivity index (χ1v) is 11.3. The maximum absolute atomic E-state index is 13.2. The molecule has 1 N–H and O–H groups in total. The van der Waals surface area contributed by atoms with Crippen LogP contribution in [0.2, 0.25) is 0 Å². The topological polar surface area (TPSA) is 152 Å². The number of carbonyl (C=O) groups is 5. The van der Waals surface area contributed by atoms with E-state index in [1.165, 1.54) is 13.0 Å². The van der Waals surface area contributed by atoms with E-state index >= 15 is 0 Å². The van der Waals surface area contributed by atoms with Gasteiger partial charge in [0.25, 0.3) is 0 Å². The molecule has 1 heterocycles. The smallest absolute Gasteiger partial charge is 0.342 e. The van der Waals surface area contributed by atoms with Crippen LogP contribution < -0.4 is 0 Å². The molecule has 0 unspecified atom stereocenters. The molecule has 0 radical (unpaired) electrons. The van der Waals surface area contributed by atoms with E-state index in [4.69, 9.17) is 23.7 Å². The van der Waals surface area contributed by atoms with Gasteiger partial charge in [-0.3, -0.25) is 9.59 Å². The van der Waals surface area contributed by atoms with Gasteiger partial charge in [0, 0.05) is 19.4 Å². The van der Waals surface area contributed by atoms with E-state index in [1.54, 1.807) is 13.0 Å². The Kier molecular flexibility index (Phi) is 9.20. The average molecular weight is 509 g/mol. The summed E-state index contributed by atoms with van der Waals surface area (Å²) in [6.07, 6.45) is -1.39. The summed E-state index contributed by atoms with van der Waals surface area (Å²) in [5.41, 5.74) is -1.74. The first kappa shape index (κ1) is 28.8. The minimum atomic E-state index is -2.34. The Bertz CT molecular complexity index is 1000. The summed E-state index contributed by atoms with van der Waals surface area (Å²) < 4.78 is 26.4.